The molecule has 0 heterocycles. The molecule has 28 heavy (non-hydrogen) atoms. The first-order chi connectivity index (χ1) is 13.3. The van der Waals surface area contributed by atoms with Gasteiger partial charge in [0.05, 0.1) is 0 Å². The third kappa shape index (κ3) is 6.82. The minimum Gasteiger partial charge on any atom is -0.410 e. The Balaban J connectivity index is 3.35. The van der Waals surface area contributed by atoms with Gasteiger partial charge >= 0.3 is 0 Å². The topological polar surface area (TPSA) is 18.5 Å². The SMILES string of the molecule is CCC[Si](CCC)(OC(C)C)c1ccc([Si](CCC)(CCC)OC(C)C)cc1. The van der Waals surface area contributed by atoms with Gasteiger partial charge in [0.25, 0.3) is 0 Å². The van der Waals surface area contributed by atoms with E-state index in [4.69, 9.17) is 8.85 Å². The maximum atomic E-state index is 6.71. The predicted octanol–water partition coefficient (Wildman–Crippen LogP) is 6.48. The first kappa shape index (κ1) is 25.6. The van der Waals surface area contributed by atoms with Crippen LogP contribution < -0.4 is 10.4 Å². The molecule has 0 bridgehead atoms. The summed E-state index contributed by atoms with van der Waals surface area (Å²) in [5.74, 6) is 0. The first-order valence-corrected chi connectivity index (χ1v) is 16.4. The summed E-state index contributed by atoms with van der Waals surface area (Å²) in [5.41, 5.74) is 0. The Morgan fingerprint density at radius 3 is 1.00 bits per heavy atom. The van der Waals surface area contributed by atoms with Crippen LogP contribution in [-0.4, -0.2) is 28.8 Å². The van der Waals surface area contributed by atoms with Gasteiger partial charge in [-0.2, -0.15) is 0 Å². The van der Waals surface area contributed by atoms with Crippen molar-refractivity contribution in [2.24, 2.45) is 0 Å². The van der Waals surface area contributed by atoms with Crippen LogP contribution >= 0.6 is 0 Å². The molecule has 0 aliphatic rings. The van der Waals surface area contributed by atoms with Crippen molar-refractivity contribution in [3.63, 3.8) is 0 Å². The summed E-state index contributed by atoms with van der Waals surface area (Å²) in [4.78, 5) is 0. The van der Waals surface area contributed by atoms with Gasteiger partial charge in [-0.05, 0) is 62.2 Å². The third-order valence-electron chi connectivity index (χ3n) is 5.48. The molecule has 0 aliphatic carbocycles. The van der Waals surface area contributed by atoms with E-state index in [9.17, 15) is 0 Å². The summed E-state index contributed by atoms with van der Waals surface area (Å²) in [7, 11) is -3.82. The van der Waals surface area contributed by atoms with Crippen molar-refractivity contribution in [3.05, 3.63) is 24.3 Å². The summed E-state index contributed by atoms with van der Waals surface area (Å²) in [6.07, 6.45) is 5.37. The minimum absolute atomic E-state index is 0.294. The van der Waals surface area contributed by atoms with Gasteiger partial charge < -0.3 is 8.85 Å². The lowest BCUT2D eigenvalue weighted by atomic mass is 10.4. The highest BCUT2D eigenvalue weighted by Gasteiger charge is 2.39. The second-order valence-corrected chi connectivity index (χ2v) is 16.5. The minimum atomic E-state index is -1.91. The number of hydrogen-bond acceptors (Lipinski definition) is 2. The van der Waals surface area contributed by atoms with E-state index in [-0.39, 0.29) is 0 Å². The van der Waals surface area contributed by atoms with Gasteiger partial charge in [0, 0.05) is 12.2 Å². The summed E-state index contributed by atoms with van der Waals surface area (Å²) >= 11 is 0. The Labute approximate surface area is 177 Å². The number of rotatable bonds is 14. The van der Waals surface area contributed by atoms with Crippen molar-refractivity contribution in [2.45, 2.75) is 117 Å². The van der Waals surface area contributed by atoms with Crippen molar-refractivity contribution in [2.75, 3.05) is 0 Å². The van der Waals surface area contributed by atoms with E-state index < -0.39 is 16.6 Å². The van der Waals surface area contributed by atoms with Crippen molar-refractivity contribution < 1.29 is 8.85 Å². The van der Waals surface area contributed by atoms with Crippen LogP contribution in [0.2, 0.25) is 24.2 Å². The summed E-state index contributed by atoms with van der Waals surface area (Å²) < 4.78 is 13.4. The molecule has 1 aromatic carbocycles. The van der Waals surface area contributed by atoms with Gasteiger partial charge in [0.15, 0.2) is 0 Å². The lowest BCUT2D eigenvalue weighted by molar-refractivity contribution is 0.230. The Kier molecular flexibility index (Phi) is 11.3. The molecule has 4 heteroatoms. The molecule has 0 radical (unpaired) electrons. The van der Waals surface area contributed by atoms with Crippen LogP contribution in [0.25, 0.3) is 0 Å². The Morgan fingerprint density at radius 2 is 0.821 bits per heavy atom. The highest BCUT2D eigenvalue weighted by Crippen LogP contribution is 2.26. The van der Waals surface area contributed by atoms with Crippen LogP contribution in [0.3, 0.4) is 0 Å². The lowest BCUT2D eigenvalue weighted by Crippen LogP contribution is -2.55. The van der Waals surface area contributed by atoms with E-state index in [2.05, 4.69) is 79.7 Å². The smallest absolute Gasteiger partial charge is 0.224 e. The second kappa shape index (κ2) is 12.3. The Hall–Kier alpha value is -0.426. The van der Waals surface area contributed by atoms with E-state index in [1.54, 1.807) is 0 Å². The maximum Gasteiger partial charge on any atom is 0.224 e. The highest BCUT2D eigenvalue weighted by atomic mass is 28.4. The van der Waals surface area contributed by atoms with E-state index in [1.807, 2.05) is 0 Å². The first-order valence-electron chi connectivity index (χ1n) is 11.8. The predicted molar refractivity (Wildman–Crippen MR) is 130 cm³/mol. The van der Waals surface area contributed by atoms with Gasteiger partial charge in [0.1, 0.15) is 0 Å². The number of hydrogen-bond donors (Lipinski definition) is 0. The molecular weight excluding hydrogens is 376 g/mol. The van der Waals surface area contributed by atoms with Crippen molar-refractivity contribution in [1.82, 2.24) is 0 Å². The quantitative estimate of drug-likeness (QED) is 0.319. The molecule has 1 rings (SSSR count). The van der Waals surface area contributed by atoms with Crippen LogP contribution in [0.5, 0.6) is 0 Å². The Bertz CT molecular complexity index is 479. The van der Waals surface area contributed by atoms with Gasteiger partial charge in [-0.25, -0.2) is 0 Å². The van der Waals surface area contributed by atoms with Crippen LogP contribution in [0.1, 0.15) is 81.1 Å². The molecule has 0 aromatic heterocycles. The maximum absolute atomic E-state index is 6.71. The Morgan fingerprint density at radius 1 is 0.571 bits per heavy atom. The fourth-order valence-corrected chi connectivity index (χ4v) is 13.8. The van der Waals surface area contributed by atoms with Crippen LogP contribution in [0.4, 0.5) is 0 Å². The van der Waals surface area contributed by atoms with Crippen LogP contribution in [0, 0.1) is 0 Å². The summed E-state index contributed by atoms with van der Waals surface area (Å²) in [6.45, 7) is 18.0. The molecule has 0 unspecified atom stereocenters. The molecule has 0 spiro atoms. The van der Waals surface area contributed by atoms with Crippen LogP contribution in [-0.2, 0) is 8.85 Å². The lowest BCUT2D eigenvalue weighted by Gasteiger charge is -2.36. The van der Waals surface area contributed by atoms with E-state index >= 15 is 0 Å². The largest absolute Gasteiger partial charge is 0.410 e. The molecule has 162 valence electrons. The van der Waals surface area contributed by atoms with Gasteiger partial charge in [-0.1, -0.05) is 77.6 Å². The summed E-state index contributed by atoms with van der Waals surface area (Å²) in [6, 6.07) is 14.5. The molecular formula is C24H46O2Si2. The fraction of sp³-hybridized carbons (Fsp3) is 0.750. The molecule has 0 atom stereocenters. The van der Waals surface area contributed by atoms with Gasteiger partial charge in [0.2, 0.25) is 16.6 Å². The molecule has 0 aliphatic heterocycles. The van der Waals surface area contributed by atoms with Gasteiger partial charge in [-0.15, -0.1) is 0 Å². The molecule has 0 N–H and O–H groups in total. The standard InChI is InChI=1S/C24H46O2Si2/c1-9-17-27(18-10-2,25-21(5)6)23-13-15-24(16-14-23)28(19-11-3,20-12-4)26-22(7)8/h13-16,21-22H,9-12,17-20H2,1-8H3. The summed E-state index contributed by atoms with van der Waals surface area (Å²) in [5, 5.41) is 2.96. The van der Waals surface area contributed by atoms with E-state index in [0.29, 0.717) is 12.2 Å². The van der Waals surface area contributed by atoms with Crippen molar-refractivity contribution in [3.8, 4) is 0 Å². The fourth-order valence-electron chi connectivity index (χ4n) is 4.79. The molecule has 2 nitrogen and oxygen atoms in total. The molecule has 0 saturated heterocycles. The monoisotopic (exact) mass is 422 g/mol. The average molecular weight is 423 g/mol. The zero-order chi connectivity index (χ0) is 21.2. The third-order valence-corrected chi connectivity index (χ3v) is 15.3. The van der Waals surface area contributed by atoms with Crippen molar-refractivity contribution >= 4 is 27.0 Å². The molecule has 0 saturated carbocycles. The molecule has 0 amide bonds. The van der Waals surface area contributed by atoms with E-state index in [0.717, 1.165) is 0 Å². The zero-order valence-electron chi connectivity index (χ0n) is 19.9. The normalized spacial score (nSPS) is 12.9. The van der Waals surface area contributed by atoms with Gasteiger partial charge in [-0.3, -0.25) is 0 Å². The zero-order valence-corrected chi connectivity index (χ0v) is 21.9. The van der Waals surface area contributed by atoms with Crippen LogP contribution in [0.15, 0.2) is 24.3 Å². The molecule has 1 aromatic rings. The van der Waals surface area contributed by atoms with E-state index in [1.165, 1.54) is 60.2 Å². The average Bonchev–Trinajstić information content (AvgIpc) is 2.61. The highest BCUT2D eigenvalue weighted by molar-refractivity contribution is 6.88. The number of benzene rings is 1. The molecule has 0 fully saturated rings. The van der Waals surface area contributed by atoms with Crippen molar-refractivity contribution in [1.29, 1.82) is 0 Å². The second-order valence-electron chi connectivity index (χ2n) is 8.90.